The van der Waals surface area contributed by atoms with Crippen LogP contribution in [0.4, 0.5) is 17.1 Å². The van der Waals surface area contributed by atoms with Gasteiger partial charge in [0.25, 0.3) is 0 Å². The van der Waals surface area contributed by atoms with E-state index in [0.717, 1.165) is 17.1 Å². The van der Waals surface area contributed by atoms with E-state index in [4.69, 9.17) is 0 Å². The van der Waals surface area contributed by atoms with E-state index in [-0.39, 0.29) is 10.8 Å². The van der Waals surface area contributed by atoms with Crippen molar-refractivity contribution in [1.29, 1.82) is 0 Å². The van der Waals surface area contributed by atoms with Gasteiger partial charge in [-0.1, -0.05) is 173 Å². The highest BCUT2D eigenvalue weighted by atomic mass is 15.1. The quantitative estimate of drug-likeness (QED) is 0.159. The van der Waals surface area contributed by atoms with Gasteiger partial charge in [-0.05, 0) is 125 Å². The average Bonchev–Trinajstić information content (AvgIpc) is 3.63. The number of anilines is 3. The lowest BCUT2D eigenvalue weighted by Crippen LogP contribution is -2.18. The van der Waals surface area contributed by atoms with Crippen molar-refractivity contribution in [2.45, 2.75) is 38.5 Å². The highest BCUT2D eigenvalue weighted by Gasteiger charge is 2.38. The van der Waals surface area contributed by atoms with E-state index in [1.807, 2.05) is 0 Å². The summed E-state index contributed by atoms with van der Waals surface area (Å²) in [5.41, 5.74) is 18.9. The molecule has 0 bridgehead atoms. The first-order chi connectivity index (χ1) is 27.8. The number of benzene rings is 9. The van der Waals surface area contributed by atoms with Crippen molar-refractivity contribution in [3.05, 3.63) is 210 Å². The highest BCUT2D eigenvalue weighted by molar-refractivity contribution is 6.14. The number of nitrogens with zero attached hydrogens (tertiary/aromatic N) is 1. The van der Waals surface area contributed by atoms with Crippen molar-refractivity contribution in [3.63, 3.8) is 0 Å². The molecule has 0 amide bonds. The van der Waals surface area contributed by atoms with Crippen LogP contribution in [0, 0.1) is 0 Å². The van der Waals surface area contributed by atoms with Gasteiger partial charge in [0.1, 0.15) is 0 Å². The Hall–Kier alpha value is -6.70. The lowest BCUT2D eigenvalue weighted by Gasteiger charge is -2.31. The first-order valence-corrected chi connectivity index (χ1v) is 20.2. The molecule has 1 nitrogen and oxygen atoms in total. The zero-order valence-corrected chi connectivity index (χ0v) is 32.8. The Morgan fingerprint density at radius 2 is 0.825 bits per heavy atom. The third-order valence-electron chi connectivity index (χ3n) is 13.1. The Kier molecular flexibility index (Phi) is 7.32. The van der Waals surface area contributed by atoms with Gasteiger partial charge in [-0.3, -0.25) is 0 Å². The Bertz CT molecular complexity index is 2970. The second-order valence-corrected chi connectivity index (χ2v) is 16.9. The van der Waals surface area contributed by atoms with Crippen molar-refractivity contribution >= 4 is 38.6 Å². The maximum Gasteiger partial charge on any atom is 0.0540 e. The molecule has 0 aromatic heterocycles. The van der Waals surface area contributed by atoms with Gasteiger partial charge in [0.2, 0.25) is 0 Å². The summed E-state index contributed by atoms with van der Waals surface area (Å²) in [7, 11) is 0. The van der Waals surface area contributed by atoms with Gasteiger partial charge in [-0.2, -0.15) is 0 Å². The summed E-state index contributed by atoms with van der Waals surface area (Å²) in [6.07, 6.45) is 0. The fourth-order valence-electron chi connectivity index (χ4n) is 10.1. The third-order valence-corrected chi connectivity index (χ3v) is 13.1. The number of fused-ring (bicyclic) bond motifs is 9. The van der Waals surface area contributed by atoms with E-state index in [1.54, 1.807) is 0 Å². The molecule has 0 atom stereocenters. The van der Waals surface area contributed by atoms with E-state index in [9.17, 15) is 0 Å². The second kappa shape index (κ2) is 12.4. The zero-order valence-electron chi connectivity index (χ0n) is 32.8. The van der Waals surface area contributed by atoms with Crippen LogP contribution >= 0.6 is 0 Å². The normalized spacial score (nSPS) is 14.2. The van der Waals surface area contributed by atoms with Crippen LogP contribution in [-0.2, 0) is 10.8 Å². The second-order valence-electron chi connectivity index (χ2n) is 16.9. The van der Waals surface area contributed by atoms with Crippen LogP contribution in [0.15, 0.2) is 188 Å². The minimum absolute atomic E-state index is 0.127. The summed E-state index contributed by atoms with van der Waals surface area (Å²) < 4.78 is 0. The minimum Gasteiger partial charge on any atom is -0.310 e. The lowest BCUT2D eigenvalue weighted by atomic mass is 9.82. The van der Waals surface area contributed by atoms with E-state index in [2.05, 4.69) is 221 Å². The van der Waals surface area contributed by atoms with Crippen LogP contribution in [0.2, 0.25) is 0 Å². The molecule has 0 heterocycles. The molecule has 0 aliphatic heterocycles. The van der Waals surface area contributed by atoms with Crippen LogP contribution in [-0.4, -0.2) is 0 Å². The van der Waals surface area contributed by atoms with Crippen LogP contribution in [0.5, 0.6) is 0 Å². The summed E-state index contributed by atoms with van der Waals surface area (Å²) in [5, 5.41) is 5.08. The van der Waals surface area contributed by atoms with Crippen molar-refractivity contribution in [2.75, 3.05) is 4.90 Å². The van der Waals surface area contributed by atoms with Gasteiger partial charge >= 0.3 is 0 Å². The molecule has 1 heteroatoms. The van der Waals surface area contributed by atoms with Gasteiger partial charge in [-0.15, -0.1) is 0 Å². The lowest BCUT2D eigenvalue weighted by molar-refractivity contribution is 0.660. The predicted molar refractivity (Wildman–Crippen MR) is 242 cm³/mol. The van der Waals surface area contributed by atoms with Crippen LogP contribution < -0.4 is 4.90 Å². The summed E-state index contributed by atoms with van der Waals surface area (Å²) in [6.45, 7) is 9.50. The standard InChI is InChI=1S/C56H43N/c1-55(2)50-24-14-12-22-44(50)46-29-27-39(34-52(46)55)57(40-28-30-47-45-23-13-15-25-51(45)56(3,4)53(47)35-40)54-31-26-38(33-49(54)36-16-6-5-7-17-36)48-32-37-18-8-9-19-41(37)42-20-10-11-21-43(42)48/h5-35H,1-4H3. The third kappa shape index (κ3) is 5.02. The number of hydrogen-bond donors (Lipinski definition) is 0. The summed E-state index contributed by atoms with van der Waals surface area (Å²) >= 11 is 0. The molecule has 0 unspecified atom stereocenters. The van der Waals surface area contributed by atoms with Crippen LogP contribution in [0.25, 0.3) is 66.1 Å². The molecule has 0 spiro atoms. The van der Waals surface area contributed by atoms with E-state index in [1.165, 1.54) is 88.3 Å². The van der Waals surface area contributed by atoms with Crippen molar-refractivity contribution in [2.24, 2.45) is 0 Å². The first-order valence-electron chi connectivity index (χ1n) is 20.2. The molecule has 9 aromatic carbocycles. The highest BCUT2D eigenvalue weighted by Crippen LogP contribution is 2.54. The Morgan fingerprint density at radius 1 is 0.316 bits per heavy atom. The maximum absolute atomic E-state index is 2.52. The SMILES string of the molecule is CC1(C)c2ccccc2-c2ccc(N(c3ccc4c(c3)C(C)(C)c3ccccc3-4)c3ccc(-c4cc5ccccc5c5ccccc45)cc3-c3ccccc3)cc21. The molecule has 11 rings (SSSR count). The predicted octanol–water partition coefficient (Wildman–Crippen LogP) is 15.4. The van der Waals surface area contributed by atoms with Gasteiger partial charge < -0.3 is 4.90 Å². The number of hydrogen-bond acceptors (Lipinski definition) is 1. The van der Waals surface area contributed by atoms with Crippen LogP contribution in [0.1, 0.15) is 49.9 Å². The molecule has 2 aliphatic carbocycles. The molecule has 0 saturated heterocycles. The fourth-order valence-corrected chi connectivity index (χ4v) is 10.1. The van der Waals surface area contributed by atoms with Crippen molar-refractivity contribution in [3.8, 4) is 44.5 Å². The topological polar surface area (TPSA) is 3.24 Å². The van der Waals surface area contributed by atoms with E-state index >= 15 is 0 Å². The molecule has 0 radical (unpaired) electrons. The van der Waals surface area contributed by atoms with Gasteiger partial charge in [0.05, 0.1) is 5.69 Å². The Labute approximate surface area is 335 Å². The van der Waals surface area contributed by atoms with Gasteiger partial charge in [0.15, 0.2) is 0 Å². The van der Waals surface area contributed by atoms with Crippen molar-refractivity contribution in [1.82, 2.24) is 0 Å². The molecule has 0 fully saturated rings. The Morgan fingerprint density at radius 3 is 1.46 bits per heavy atom. The Balaban J connectivity index is 1.17. The fraction of sp³-hybridized carbons (Fsp3) is 0.107. The maximum atomic E-state index is 2.52. The first kappa shape index (κ1) is 33.6. The van der Waals surface area contributed by atoms with Gasteiger partial charge in [-0.25, -0.2) is 0 Å². The van der Waals surface area contributed by atoms with Crippen LogP contribution in [0.3, 0.4) is 0 Å². The average molecular weight is 730 g/mol. The summed E-state index contributed by atoms with van der Waals surface area (Å²) in [4.78, 5) is 2.52. The smallest absolute Gasteiger partial charge is 0.0540 e. The van der Waals surface area contributed by atoms with E-state index in [0.29, 0.717) is 0 Å². The van der Waals surface area contributed by atoms with E-state index < -0.39 is 0 Å². The summed E-state index contributed by atoms with van der Waals surface area (Å²) in [5.74, 6) is 0. The number of rotatable bonds is 5. The van der Waals surface area contributed by atoms with Gasteiger partial charge in [0, 0.05) is 27.8 Å². The summed E-state index contributed by atoms with van der Waals surface area (Å²) in [6, 6.07) is 70.2. The molecule has 57 heavy (non-hydrogen) atoms. The monoisotopic (exact) mass is 729 g/mol. The molecular formula is C56H43N. The zero-order chi connectivity index (χ0) is 38.5. The molecule has 0 N–H and O–H groups in total. The largest absolute Gasteiger partial charge is 0.310 e. The molecular weight excluding hydrogens is 687 g/mol. The molecule has 9 aromatic rings. The molecule has 0 saturated carbocycles. The van der Waals surface area contributed by atoms with Crippen molar-refractivity contribution < 1.29 is 0 Å². The molecule has 2 aliphatic rings. The molecule has 272 valence electrons. The minimum atomic E-state index is -0.127.